The largest absolute Gasteiger partial charge is 0.419 e. The van der Waals surface area contributed by atoms with Gasteiger partial charge in [-0.1, -0.05) is 36.7 Å². The average Bonchev–Trinajstić information content (AvgIpc) is 3.21. The Labute approximate surface area is 176 Å². The van der Waals surface area contributed by atoms with Crippen molar-refractivity contribution in [2.75, 3.05) is 18.0 Å². The molecular weight excluding hydrogens is 408 g/mol. The van der Waals surface area contributed by atoms with E-state index in [0.717, 1.165) is 44.3 Å². The molecule has 2 aromatic carbocycles. The van der Waals surface area contributed by atoms with Crippen LogP contribution in [0.4, 0.5) is 5.88 Å². The van der Waals surface area contributed by atoms with Gasteiger partial charge >= 0.3 is 0 Å². The first kappa shape index (κ1) is 20.0. The number of rotatable bonds is 5. The van der Waals surface area contributed by atoms with Crippen LogP contribution in [0.2, 0.25) is 5.02 Å². The maximum atomic E-state index is 13.4. The van der Waals surface area contributed by atoms with Crippen LogP contribution >= 0.6 is 11.6 Å². The molecule has 0 amide bonds. The molecule has 2 heterocycles. The third-order valence-electron chi connectivity index (χ3n) is 5.19. The van der Waals surface area contributed by atoms with E-state index < -0.39 is 9.84 Å². The van der Waals surface area contributed by atoms with Gasteiger partial charge in [0, 0.05) is 23.7 Å². The van der Waals surface area contributed by atoms with Crippen molar-refractivity contribution in [2.45, 2.75) is 42.5 Å². The molecule has 0 bridgehead atoms. The first-order valence-electron chi connectivity index (χ1n) is 9.85. The van der Waals surface area contributed by atoms with Crippen LogP contribution in [-0.2, 0) is 16.3 Å². The number of oxazole rings is 1. The molecule has 0 aliphatic carbocycles. The fraction of sp³-hybridized carbons (Fsp3) is 0.318. The Morgan fingerprint density at radius 2 is 1.79 bits per heavy atom. The standard InChI is InChI=1S/C22H23ClN2O3S/c1-2-16-9-11-19(12-10-16)29(26,27)21-22(25-13-4-3-5-14-25)28-20(24-21)17-7-6-8-18(23)15-17/h6-12,15H,2-5,13-14H2,1H3. The number of sulfone groups is 1. The van der Waals surface area contributed by atoms with E-state index in [-0.39, 0.29) is 15.8 Å². The van der Waals surface area contributed by atoms with Gasteiger partial charge in [0.25, 0.3) is 0 Å². The van der Waals surface area contributed by atoms with Crippen LogP contribution in [-0.4, -0.2) is 26.5 Å². The summed E-state index contributed by atoms with van der Waals surface area (Å²) < 4.78 is 32.9. The molecule has 1 fully saturated rings. The SMILES string of the molecule is CCc1ccc(S(=O)(=O)c2nc(-c3cccc(Cl)c3)oc2N2CCCCC2)cc1. The average molecular weight is 431 g/mol. The van der Waals surface area contributed by atoms with Crippen molar-refractivity contribution in [3.05, 3.63) is 59.1 Å². The Balaban J connectivity index is 1.83. The van der Waals surface area contributed by atoms with Crippen molar-refractivity contribution in [1.82, 2.24) is 4.98 Å². The molecule has 0 saturated carbocycles. The Hall–Kier alpha value is -2.31. The third kappa shape index (κ3) is 4.05. The van der Waals surface area contributed by atoms with Gasteiger partial charge < -0.3 is 9.32 Å². The van der Waals surface area contributed by atoms with E-state index in [1.807, 2.05) is 30.0 Å². The van der Waals surface area contributed by atoms with Crippen molar-refractivity contribution in [3.63, 3.8) is 0 Å². The molecule has 0 spiro atoms. The van der Waals surface area contributed by atoms with Crippen LogP contribution in [0.15, 0.2) is 62.9 Å². The maximum Gasteiger partial charge on any atom is 0.236 e. The van der Waals surface area contributed by atoms with Crippen LogP contribution in [0.3, 0.4) is 0 Å². The summed E-state index contributed by atoms with van der Waals surface area (Å²) >= 11 is 6.11. The van der Waals surface area contributed by atoms with E-state index in [4.69, 9.17) is 16.0 Å². The van der Waals surface area contributed by atoms with Crippen molar-refractivity contribution in [3.8, 4) is 11.5 Å². The number of hydrogen-bond donors (Lipinski definition) is 0. The molecule has 4 rings (SSSR count). The lowest BCUT2D eigenvalue weighted by molar-refractivity contribution is 0.499. The van der Waals surface area contributed by atoms with Crippen LogP contribution < -0.4 is 4.90 Å². The van der Waals surface area contributed by atoms with Gasteiger partial charge in [-0.25, -0.2) is 8.42 Å². The second-order valence-corrected chi connectivity index (χ2v) is 9.49. The van der Waals surface area contributed by atoms with E-state index in [9.17, 15) is 8.42 Å². The van der Waals surface area contributed by atoms with Crippen molar-refractivity contribution in [1.29, 1.82) is 0 Å². The Kier molecular flexibility index (Phi) is 5.65. The van der Waals surface area contributed by atoms with Crippen LogP contribution in [0.1, 0.15) is 31.7 Å². The van der Waals surface area contributed by atoms with E-state index in [2.05, 4.69) is 4.98 Å². The number of benzene rings is 2. The quantitative estimate of drug-likeness (QED) is 0.543. The minimum Gasteiger partial charge on any atom is -0.419 e. The topological polar surface area (TPSA) is 63.4 Å². The number of hydrogen-bond acceptors (Lipinski definition) is 5. The van der Waals surface area contributed by atoms with Gasteiger partial charge in [-0.2, -0.15) is 4.98 Å². The second-order valence-electron chi connectivity index (χ2n) is 7.19. The van der Waals surface area contributed by atoms with E-state index in [1.165, 1.54) is 0 Å². The van der Waals surface area contributed by atoms with E-state index in [1.54, 1.807) is 30.3 Å². The van der Waals surface area contributed by atoms with Crippen LogP contribution in [0.25, 0.3) is 11.5 Å². The summed E-state index contributed by atoms with van der Waals surface area (Å²) in [6.45, 7) is 3.54. The van der Waals surface area contributed by atoms with Crippen molar-refractivity contribution >= 4 is 27.3 Å². The number of aromatic nitrogens is 1. The second kappa shape index (κ2) is 8.20. The minimum absolute atomic E-state index is 0.0291. The lowest BCUT2D eigenvalue weighted by Gasteiger charge is -2.26. The normalized spacial score (nSPS) is 14.9. The zero-order valence-corrected chi connectivity index (χ0v) is 17.8. The molecule has 7 heteroatoms. The van der Waals surface area contributed by atoms with Gasteiger partial charge in [0.1, 0.15) is 0 Å². The molecular formula is C22H23ClN2O3S. The minimum atomic E-state index is -3.82. The van der Waals surface area contributed by atoms with Gasteiger partial charge in [-0.05, 0) is 61.6 Å². The molecule has 0 unspecified atom stereocenters. The Bertz CT molecular complexity index is 1100. The molecule has 29 heavy (non-hydrogen) atoms. The highest BCUT2D eigenvalue weighted by molar-refractivity contribution is 7.91. The maximum absolute atomic E-state index is 13.4. The number of nitrogens with zero attached hydrogens (tertiary/aromatic N) is 2. The highest BCUT2D eigenvalue weighted by atomic mass is 35.5. The predicted octanol–water partition coefficient (Wildman–Crippen LogP) is 5.38. The van der Waals surface area contributed by atoms with E-state index in [0.29, 0.717) is 16.5 Å². The lowest BCUT2D eigenvalue weighted by atomic mass is 10.1. The molecule has 0 atom stereocenters. The number of piperidine rings is 1. The first-order valence-corrected chi connectivity index (χ1v) is 11.7. The van der Waals surface area contributed by atoms with Crippen molar-refractivity contribution in [2.24, 2.45) is 0 Å². The zero-order chi connectivity index (χ0) is 20.4. The zero-order valence-electron chi connectivity index (χ0n) is 16.3. The molecule has 5 nitrogen and oxygen atoms in total. The molecule has 0 radical (unpaired) electrons. The van der Waals surface area contributed by atoms with Gasteiger partial charge in [-0.3, -0.25) is 0 Å². The van der Waals surface area contributed by atoms with Gasteiger partial charge in [-0.15, -0.1) is 0 Å². The van der Waals surface area contributed by atoms with Gasteiger partial charge in [0.05, 0.1) is 4.90 Å². The summed E-state index contributed by atoms with van der Waals surface area (Å²) in [5, 5.41) is 0.512. The molecule has 0 N–H and O–H groups in total. The first-order chi connectivity index (χ1) is 14.0. The predicted molar refractivity (Wildman–Crippen MR) is 114 cm³/mol. The van der Waals surface area contributed by atoms with Gasteiger partial charge in [0.2, 0.25) is 26.6 Å². The summed E-state index contributed by atoms with van der Waals surface area (Å²) in [4.78, 5) is 6.64. The summed E-state index contributed by atoms with van der Waals surface area (Å²) in [7, 11) is -3.82. The summed E-state index contributed by atoms with van der Waals surface area (Å²) in [6, 6.07) is 14.0. The van der Waals surface area contributed by atoms with Gasteiger partial charge in [0.15, 0.2) is 0 Å². The molecule has 1 aliphatic rings. The Morgan fingerprint density at radius 3 is 2.45 bits per heavy atom. The lowest BCUT2D eigenvalue weighted by Crippen LogP contribution is -2.30. The smallest absolute Gasteiger partial charge is 0.236 e. The van der Waals surface area contributed by atoms with Crippen LogP contribution in [0, 0.1) is 0 Å². The molecule has 1 aromatic heterocycles. The summed E-state index contributed by atoms with van der Waals surface area (Å²) in [5.41, 5.74) is 1.73. The summed E-state index contributed by atoms with van der Waals surface area (Å²) in [6.07, 6.45) is 3.98. The third-order valence-corrected chi connectivity index (χ3v) is 7.09. The highest BCUT2D eigenvalue weighted by Crippen LogP contribution is 2.36. The number of anilines is 1. The number of aryl methyl sites for hydroxylation is 1. The molecule has 152 valence electrons. The van der Waals surface area contributed by atoms with Crippen LogP contribution in [0.5, 0.6) is 0 Å². The van der Waals surface area contributed by atoms with Crippen molar-refractivity contribution < 1.29 is 12.8 Å². The monoisotopic (exact) mass is 430 g/mol. The highest BCUT2D eigenvalue weighted by Gasteiger charge is 2.32. The fourth-order valence-electron chi connectivity index (χ4n) is 3.53. The Morgan fingerprint density at radius 1 is 1.07 bits per heavy atom. The molecule has 3 aromatic rings. The summed E-state index contributed by atoms with van der Waals surface area (Å²) in [5.74, 6) is 0.580. The fourth-order valence-corrected chi connectivity index (χ4v) is 5.04. The number of halogens is 1. The van der Waals surface area contributed by atoms with E-state index >= 15 is 0 Å². The molecule has 1 saturated heterocycles. The molecule has 1 aliphatic heterocycles.